The highest BCUT2D eigenvalue weighted by Gasteiger charge is 2.10. The molecule has 0 fully saturated rings. The fourth-order valence-electron chi connectivity index (χ4n) is 1.70. The normalized spacial score (nSPS) is 10.8. The summed E-state index contributed by atoms with van der Waals surface area (Å²) in [5.41, 5.74) is 0.783. The number of nitrogens with zero attached hydrogens (tertiary/aromatic N) is 2. The zero-order chi connectivity index (χ0) is 12.0. The Morgan fingerprint density at radius 2 is 2.12 bits per heavy atom. The summed E-state index contributed by atoms with van der Waals surface area (Å²) in [6, 6.07) is 2.31. The maximum Gasteiger partial charge on any atom is 0.311 e. The molecule has 0 spiro atoms. The van der Waals surface area contributed by atoms with E-state index < -0.39 is 0 Å². The predicted molar refractivity (Wildman–Crippen MR) is 62.2 cm³/mol. The monoisotopic (exact) mass is 224 g/mol. The van der Waals surface area contributed by atoms with Gasteiger partial charge in [-0.25, -0.2) is 0 Å². The average Bonchev–Trinajstić information content (AvgIpc) is 2.68. The fourth-order valence-corrected chi connectivity index (χ4v) is 1.70. The summed E-state index contributed by atoms with van der Waals surface area (Å²) in [7, 11) is 0. The second kappa shape index (κ2) is 6.30. The Balaban J connectivity index is 2.60. The van der Waals surface area contributed by atoms with Crippen LogP contribution in [0.5, 0.6) is 0 Å². The highest BCUT2D eigenvalue weighted by Crippen LogP contribution is 2.14. The van der Waals surface area contributed by atoms with Crippen molar-refractivity contribution in [2.75, 3.05) is 6.61 Å². The van der Waals surface area contributed by atoms with Crippen molar-refractivity contribution in [2.45, 2.75) is 46.1 Å². The summed E-state index contributed by atoms with van der Waals surface area (Å²) < 4.78 is 6.82. The molecule has 1 rings (SSSR count). The Morgan fingerprint density at radius 3 is 2.69 bits per heavy atom. The van der Waals surface area contributed by atoms with E-state index in [-0.39, 0.29) is 12.4 Å². The number of aromatic nitrogens is 2. The van der Waals surface area contributed by atoms with Gasteiger partial charge >= 0.3 is 5.97 Å². The van der Waals surface area contributed by atoms with Crippen LogP contribution >= 0.6 is 0 Å². The standard InChI is InChI=1S/C12H20N2O2/c1-4-11(5-2)14-8-7-10(13-14)9-12(15)16-6-3/h7-8,11H,4-6,9H2,1-3H3. The van der Waals surface area contributed by atoms with Crippen LogP contribution in [0, 0.1) is 0 Å². The highest BCUT2D eigenvalue weighted by molar-refractivity contribution is 5.71. The topological polar surface area (TPSA) is 44.1 Å². The Bertz CT molecular complexity index is 330. The van der Waals surface area contributed by atoms with Crippen LogP contribution in [0.15, 0.2) is 12.3 Å². The molecule has 1 aromatic rings. The molecule has 0 saturated heterocycles. The Labute approximate surface area is 96.6 Å². The van der Waals surface area contributed by atoms with Crippen LogP contribution in [0.3, 0.4) is 0 Å². The number of hydrogen-bond acceptors (Lipinski definition) is 3. The number of hydrogen-bond donors (Lipinski definition) is 0. The van der Waals surface area contributed by atoms with Crippen LogP contribution in [0.25, 0.3) is 0 Å². The Morgan fingerprint density at radius 1 is 1.44 bits per heavy atom. The number of ether oxygens (including phenoxy) is 1. The molecule has 0 radical (unpaired) electrons. The van der Waals surface area contributed by atoms with Crippen LogP contribution in [0.1, 0.15) is 45.3 Å². The Kier molecular flexibility index (Phi) is 5.02. The molecule has 4 nitrogen and oxygen atoms in total. The molecule has 0 unspecified atom stereocenters. The third kappa shape index (κ3) is 3.36. The van der Waals surface area contributed by atoms with E-state index in [4.69, 9.17) is 4.74 Å². The van der Waals surface area contributed by atoms with E-state index in [1.807, 2.05) is 16.9 Å². The van der Waals surface area contributed by atoms with E-state index >= 15 is 0 Å². The highest BCUT2D eigenvalue weighted by atomic mass is 16.5. The minimum Gasteiger partial charge on any atom is -0.466 e. The van der Waals surface area contributed by atoms with Gasteiger partial charge in [0, 0.05) is 6.20 Å². The van der Waals surface area contributed by atoms with E-state index in [0.29, 0.717) is 12.6 Å². The molecule has 0 aromatic carbocycles. The fraction of sp³-hybridized carbons (Fsp3) is 0.667. The van der Waals surface area contributed by atoms with Gasteiger partial charge in [-0.15, -0.1) is 0 Å². The molecule has 0 atom stereocenters. The van der Waals surface area contributed by atoms with Crippen LogP contribution < -0.4 is 0 Å². The third-order valence-electron chi connectivity index (χ3n) is 2.61. The molecule has 0 aliphatic heterocycles. The molecular formula is C12H20N2O2. The third-order valence-corrected chi connectivity index (χ3v) is 2.61. The van der Waals surface area contributed by atoms with Crippen molar-refractivity contribution in [2.24, 2.45) is 0 Å². The van der Waals surface area contributed by atoms with Gasteiger partial charge in [-0.05, 0) is 25.8 Å². The van der Waals surface area contributed by atoms with Gasteiger partial charge in [-0.2, -0.15) is 5.10 Å². The Hall–Kier alpha value is -1.32. The lowest BCUT2D eigenvalue weighted by atomic mass is 10.2. The number of carbonyl (C=O) groups excluding carboxylic acids is 1. The largest absolute Gasteiger partial charge is 0.466 e. The molecule has 0 aliphatic carbocycles. The van der Waals surface area contributed by atoms with E-state index in [1.165, 1.54) is 0 Å². The van der Waals surface area contributed by atoms with Crippen LogP contribution in [-0.4, -0.2) is 22.4 Å². The molecule has 0 saturated carbocycles. The van der Waals surface area contributed by atoms with Gasteiger partial charge in [0.2, 0.25) is 0 Å². The van der Waals surface area contributed by atoms with E-state index in [1.54, 1.807) is 6.92 Å². The smallest absolute Gasteiger partial charge is 0.311 e. The first kappa shape index (κ1) is 12.7. The molecule has 0 N–H and O–H groups in total. The maximum absolute atomic E-state index is 11.3. The summed E-state index contributed by atoms with van der Waals surface area (Å²) in [5.74, 6) is -0.211. The average molecular weight is 224 g/mol. The summed E-state index contributed by atoms with van der Waals surface area (Å²) in [6.07, 6.45) is 4.31. The van der Waals surface area contributed by atoms with Gasteiger partial charge in [0.25, 0.3) is 0 Å². The van der Waals surface area contributed by atoms with E-state index in [9.17, 15) is 4.79 Å². The number of esters is 1. The van der Waals surface area contributed by atoms with E-state index in [0.717, 1.165) is 18.5 Å². The number of rotatable bonds is 6. The summed E-state index contributed by atoms with van der Waals surface area (Å²) in [4.78, 5) is 11.3. The van der Waals surface area contributed by atoms with Crippen LogP contribution in [-0.2, 0) is 16.0 Å². The van der Waals surface area contributed by atoms with Crippen LogP contribution in [0.4, 0.5) is 0 Å². The van der Waals surface area contributed by atoms with Gasteiger partial charge in [-0.1, -0.05) is 13.8 Å². The minimum absolute atomic E-state index is 0.211. The quantitative estimate of drug-likeness (QED) is 0.697. The summed E-state index contributed by atoms with van der Waals surface area (Å²) >= 11 is 0. The van der Waals surface area contributed by atoms with Crippen molar-refractivity contribution in [3.63, 3.8) is 0 Å². The van der Waals surface area contributed by atoms with Crippen molar-refractivity contribution < 1.29 is 9.53 Å². The van der Waals surface area contributed by atoms with Crippen molar-refractivity contribution in [1.29, 1.82) is 0 Å². The van der Waals surface area contributed by atoms with Crippen LogP contribution in [0.2, 0.25) is 0 Å². The lowest BCUT2D eigenvalue weighted by Crippen LogP contribution is -2.11. The van der Waals surface area contributed by atoms with Gasteiger partial charge in [0.15, 0.2) is 0 Å². The lowest BCUT2D eigenvalue weighted by molar-refractivity contribution is -0.142. The van der Waals surface area contributed by atoms with Gasteiger partial charge in [-0.3, -0.25) is 9.48 Å². The zero-order valence-corrected chi connectivity index (χ0v) is 10.3. The molecule has 0 amide bonds. The van der Waals surface area contributed by atoms with Gasteiger partial charge in [0.05, 0.1) is 24.8 Å². The summed E-state index contributed by atoms with van der Waals surface area (Å²) in [6.45, 7) is 6.51. The van der Waals surface area contributed by atoms with Gasteiger partial charge < -0.3 is 4.74 Å². The lowest BCUT2D eigenvalue weighted by Gasteiger charge is -2.12. The SMILES string of the molecule is CCOC(=O)Cc1ccn(C(CC)CC)n1. The van der Waals surface area contributed by atoms with E-state index in [2.05, 4.69) is 18.9 Å². The predicted octanol–water partition coefficient (Wildman–Crippen LogP) is 2.35. The minimum atomic E-state index is -0.211. The maximum atomic E-state index is 11.3. The molecule has 4 heteroatoms. The molecule has 16 heavy (non-hydrogen) atoms. The molecule has 1 heterocycles. The molecular weight excluding hydrogens is 204 g/mol. The zero-order valence-electron chi connectivity index (χ0n) is 10.3. The first-order valence-corrected chi connectivity index (χ1v) is 5.90. The first-order valence-electron chi connectivity index (χ1n) is 5.90. The molecule has 90 valence electrons. The van der Waals surface area contributed by atoms with Crippen molar-refractivity contribution >= 4 is 5.97 Å². The van der Waals surface area contributed by atoms with Crippen molar-refractivity contribution in [3.8, 4) is 0 Å². The van der Waals surface area contributed by atoms with Gasteiger partial charge in [0.1, 0.15) is 0 Å². The molecule has 0 bridgehead atoms. The first-order chi connectivity index (χ1) is 7.71. The second-order valence-electron chi connectivity index (χ2n) is 3.74. The molecule has 0 aliphatic rings. The van der Waals surface area contributed by atoms with Crippen molar-refractivity contribution in [3.05, 3.63) is 18.0 Å². The summed E-state index contributed by atoms with van der Waals surface area (Å²) in [5, 5.41) is 4.39. The van der Waals surface area contributed by atoms with Crippen molar-refractivity contribution in [1.82, 2.24) is 9.78 Å². The number of carbonyl (C=O) groups is 1. The second-order valence-corrected chi connectivity index (χ2v) is 3.74. The molecule has 1 aromatic heterocycles.